The van der Waals surface area contributed by atoms with E-state index in [4.69, 9.17) is 11.5 Å². The fourth-order valence-electron chi connectivity index (χ4n) is 2.24. The third-order valence-electron chi connectivity index (χ3n) is 3.70. The molecule has 1 fully saturated rings. The van der Waals surface area contributed by atoms with Crippen LogP contribution in [0.1, 0.15) is 51.2 Å². The molecule has 5 N–H and O–H groups in total. The van der Waals surface area contributed by atoms with Crippen LogP contribution in [0.2, 0.25) is 0 Å². The summed E-state index contributed by atoms with van der Waals surface area (Å²) in [5.41, 5.74) is 12.1. The monoisotopic (exact) mass is 264 g/mol. The van der Waals surface area contributed by atoms with Crippen LogP contribution in [0.15, 0.2) is 30.3 Å². The molecule has 1 saturated carbocycles. The molecule has 0 spiro atoms. The number of aliphatic hydroxyl groups is 1. The summed E-state index contributed by atoms with van der Waals surface area (Å²) in [4.78, 5) is 0. The first-order valence-corrected chi connectivity index (χ1v) is 7.25. The van der Waals surface area contributed by atoms with Crippen molar-refractivity contribution in [3.8, 4) is 0 Å². The van der Waals surface area contributed by atoms with Gasteiger partial charge < -0.3 is 16.6 Å². The van der Waals surface area contributed by atoms with Crippen LogP contribution < -0.4 is 11.5 Å². The predicted octanol–water partition coefficient (Wildman–Crippen LogP) is 2.59. The van der Waals surface area contributed by atoms with Gasteiger partial charge in [-0.2, -0.15) is 0 Å². The minimum absolute atomic E-state index is 0.211. The molecule has 0 heterocycles. The van der Waals surface area contributed by atoms with E-state index in [0.29, 0.717) is 6.04 Å². The zero-order chi connectivity index (χ0) is 14.3. The molecule has 3 nitrogen and oxygen atoms in total. The van der Waals surface area contributed by atoms with Crippen LogP contribution >= 0.6 is 0 Å². The van der Waals surface area contributed by atoms with Crippen molar-refractivity contribution in [2.24, 2.45) is 17.4 Å². The first-order chi connectivity index (χ1) is 9.00. The molecule has 0 bridgehead atoms. The molecular weight excluding hydrogens is 236 g/mol. The van der Waals surface area contributed by atoms with Crippen LogP contribution in [0.25, 0.3) is 0 Å². The van der Waals surface area contributed by atoms with Crippen LogP contribution in [0.5, 0.6) is 0 Å². The maximum absolute atomic E-state index is 9.47. The Morgan fingerprint density at radius 3 is 2.05 bits per heavy atom. The van der Waals surface area contributed by atoms with E-state index in [1.165, 1.54) is 25.7 Å². The number of hydrogen-bond acceptors (Lipinski definition) is 3. The van der Waals surface area contributed by atoms with Crippen molar-refractivity contribution in [2.75, 3.05) is 0 Å². The van der Waals surface area contributed by atoms with E-state index in [1.54, 1.807) is 6.92 Å². The van der Waals surface area contributed by atoms with Gasteiger partial charge in [-0.3, -0.25) is 0 Å². The van der Waals surface area contributed by atoms with Gasteiger partial charge in [0.2, 0.25) is 0 Å². The molecule has 1 aliphatic carbocycles. The Kier molecular flexibility index (Phi) is 7.06. The second-order valence-electron chi connectivity index (χ2n) is 5.73. The Morgan fingerprint density at radius 2 is 1.63 bits per heavy atom. The lowest BCUT2D eigenvalue weighted by Crippen LogP contribution is -2.25. The fourth-order valence-corrected chi connectivity index (χ4v) is 2.24. The van der Waals surface area contributed by atoms with Crippen LogP contribution in [0.3, 0.4) is 0 Å². The molecule has 0 amide bonds. The molecule has 0 unspecified atom stereocenters. The van der Waals surface area contributed by atoms with Gasteiger partial charge in [0.25, 0.3) is 0 Å². The second-order valence-corrected chi connectivity index (χ2v) is 5.73. The lowest BCUT2D eigenvalue weighted by molar-refractivity contribution is 0.153. The van der Waals surface area contributed by atoms with E-state index in [9.17, 15) is 5.11 Å². The van der Waals surface area contributed by atoms with E-state index in [-0.39, 0.29) is 6.04 Å². The Bertz CT molecular complexity index is 322. The van der Waals surface area contributed by atoms with Crippen molar-refractivity contribution in [3.05, 3.63) is 35.9 Å². The molecule has 2 rings (SSSR count). The van der Waals surface area contributed by atoms with Gasteiger partial charge in [0.15, 0.2) is 0 Å². The van der Waals surface area contributed by atoms with Crippen molar-refractivity contribution < 1.29 is 5.11 Å². The van der Waals surface area contributed by atoms with Crippen molar-refractivity contribution in [2.45, 2.75) is 57.7 Å². The summed E-state index contributed by atoms with van der Waals surface area (Å²) in [6.45, 7) is 4.10. The largest absolute Gasteiger partial charge is 0.387 e. The highest BCUT2D eigenvalue weighted by Crippen LogP contribution is 2.21. The van der Waals surface area contributed by atoms with Gasteiger partial charge in [0, 0.05) is 12.1 Å². The normalized spacial score (nSPS) is 25.9. The van der Waals surface area contributed by atoms with Crippen LogP contribution in [0.4, 0.5) is 0 Å². The molecule has 0 radical (unpaired) electrons. The molecule has 1 aromatic rings. The van der Waals surface area contributed by atoms with E-state index in [1.807, 2.05) is 30.3 Å². The summed E-state index contributed by atoms with van der Waals surface area (Å²) in [7, 11) is 0. The summed E-state index contributed by atoms with van der Waals surface area (Å²) < 4.78 is 0. The summed E-state index contributed by atoms with van der Waals surface area (Å²) in [5.74, 6) is 0.940. The third-order valence-corrected chi connectivity index (χ3v) is 3.70. The zero-order valence-electron chi connectivity index (χ0n) is 12.1. The maximum atomic E-state index is 9.47. The number of nitrogens with two attached hydrogens (primary N) is 2. The van der Waals surface area contributed by atoms with E-state index < -0.39 is 6.10 Å². The van der Waals surface area contributed by atoms with Crippen molar-refractivity contribution >= 4 is 0 Å². The molecule has 19 heavy (non-hydrogen) atoms. The van der Waals surface area contributed by atoms with Crippen molar-refractivity contribution in [1.29, 1.82) is 0 Å². The van der Waals surface area contributed by atoms with Gasteiger partial charge in [0.05, 0.1) is 6.10 Å². The van der Waals surface area contributed by atoms with Gasteiger partial charge in [-0.25, -0.2) is 0 Å². The predicted molar refractivity (Wildman–Crippen MR) is 80.7 cm³/mol. The number of benzene rings is 1. The van der Waals surface area contributed by atoms with Crippen molar-refractivity contribution in [3.63, 3.8) is 0 Å². The zero-order valence-corrected chi connectivity index (χ0v) is 12.1. The third kappa shape index (κ3) is 6.19. The molecule has 1 aliphatic rings. The lowest BCUT2D eigenvalue weighted by Gasteiger charge is -2.22. The molecule has 108 valence electrons. The SMILES string of the molecule is CC1CCC(N)CC1.C[C@@H](N)[C@@H](O)c1ccccc1. The summed E-state index contributed by atoms with van der Waals surface area (Å²) in [6.07, 6.45) is 4.65. The molecular formula is C16H28N2O. The Hall–Kier alpha value is -0.900. The standard InChI is InChI=1S/C9H13NO.C7H15N/c1-7(10)9(11)8-5-3-2-4-6-8;1-6-2-4-7(8)5-3-6/h2-7,9,11H,10H2,1H3;6-7H,2-5,8H2,1H3/t7-,9-;/m1./s1. The highest BCUT2D eigenvalue weighted by Gasteiger charge is 2.13. The second kappa shape index (κ2) is 8.31. The van der Waals surface area contributed by atoms with Gasteiger partial charge >= 0.3 is 0 Å². The molecule has 0 saturated heterocycles. The average molecular weight is 264 g/mol. The van der Waals surface area contributed by atoms with Crippen LogP contribution in [0, 0.1) is 5.92 Å². The minimum atomic E-state index is -0.545. The number of aliphatic hydroxyl groups excluding tert-OH is 1. The number of rotatable bonds is 2. The molecule has 1 aromatic carbocycles. The molecule has 0 aromatic heterocycles. The first kappa shape index (κ1) is 16.2. The summed E-state index contributed by atoms with van der Waals surface area (Å²) >= 11 is 0. The maximum Gasteiger partial charge on any atom is 0.0938 e. The van der Waals surface area contributed by atoms with Gasteiger partial charge in [-0.05, 0) is 44.1 Å². The molecule has 0 aliphatic heterocycles. The van der Waals surface area contributed by atoms with Gasteiger partial charge in [-0.1, -0.05) is 37.3 Å². The van der Waals surface area contributed by atoms with Crippen LogP contribution in [-0.4, -0.2) is 17.2 Å². The first-order valence-electron chi connectivity index (χ1n) is 7.25. The molecule has 3 heteroatoms. The summed E-state index contributed by atoms with van der Waals surface area (Å²) in [6, 6.07) is 9.74. The quantitative estimate of drug-likeness (QED) is 0.769. The Balaban J connectivity index is 0.000000200. The number of hydrogen-bond donors (Lipinski definition) is 3. The van der Waals surface area contributed by atoms with Gasteiger partial charge in [0.1, 0.15) is 0 Å². The smallest absolute Gasteiger partial charge is 0.0938 e. The van der Waals surface area contributed by atoms with E-state index >= 15 is 0 Å². The Morgan fingerprint density at radius 1 is 1.11 bits per heavy atom. The van der Waals surface area contributed by atoms with E-state index in [0.717, 1.165) is 11.5 Å². The topological polar surface area (TPSA) is 72.3 Å². The molecule has 2 atom stereocenters. The van der Waals surface area contributed by atoms with Gasteiger partial charge in [-0.15, -0.1) is 0 Å². The lowest BCUT2D eigenvalue weighted by atomic mass is 9.88. The average Bonchev–Trinajstić information content (AvgIpc) is 2.43. The van der Waals surface area contributed by atoms with Crippen molar-refractivity contribution in [1.82, 2.24) is 0 Å². The highest BCUT2D eigenvalue weighted by atomic mass is 16.3. The fraction of sp³-hybridized carbons (Fsp3) is 0.625. The Labute approximate surface area is 117 Å². The summed E-state index contributed by atoms with van der Waals surface area (Å²) in [5, 5.41) is 9.47. The highest BCUT2D eigenvalue weighted by molar-refractivity contribution is 5.18. The minimum Gasteiger partial charge on any atom is -0.387 e. The van der Waals surface area contributed by atoms with E-state index in [2.05, 4.69) is 6.92 Å². The van der Waals surface area contributed by atoms with Crippen LogP contribution in [-0.2, 0) is 0 Å².